The van der Waals surface area contributed by atoms with Gasteiger partial charge in [0, 0.05) is 5.56 Å². The van der Waals surface area contributed by atoms with Gasteiger partial charge in [-0.25, -0.2) is 0 Å². The van der Waals surface area contributed by atoms with E-state index in [2.05, 4.69) is 0 Å². The summed E-state index contributed by atoms with van der Waals surface area (Å²) < 4.78 is 29.7. The Balaban J connectivity index is 1.22. The first-order valence-electron chi connectivity index (χ1n) is 8.67. The first kappa shape index (κ1) is 15.5. The molecule has 3 heterocycles. The van der Waals surface area contributed by atoms with Gasteiger partial charge in [-0.1, -0.05) is 60.7 Å². The summed E-state index contributed by atoms with van der Waals surface area (Å²) in [4.78, 5) is 0. The molecule has 0 saturated carbocycles. The Morgan fingerprint density at radius 3 is 2.36 bits per heavy atom. The van der Waals surface area contributed by atoms with Crippen LogP contribution in [0, 0.1) is 0 Å². The molecule has 2 aromatic rings. The van der Waals surface area contributed by atoms with Crippen molar-refractivity contribution in [3.05, 3.63) is 71.8 Å². The average molecular weight is 340 g/mol. The zero-order valence-electron chi connectivity index (χ0n) is 13.7. The SMILES string of the molecule is c1ccc(CO[C@H]2O[C@@H]3CO[C@@H](c4ccccc4)O[C@H]3[C@H]3O[C@@H]23)cc1. The van der Waals surface area contributed by atoms with Crippen LogP contribution in [0.1, 0.15) is 17.4 Å². The molecule has 0 aliphatic carbocycles. The summed E-state index contributed by atoms with van der Waals surface area (Å²) in [7, 11) is 0. The molecule has 0 amide bonds. The minimum absolute atomic E-state index is 0.0228. The highest BCUT2D eigenvalue weighted by Crippen LogP contribution is 2.43. The van der Waals surface area contributed by atoms with E-state index in [0.29, 0.717) is 13.2 Å². The highest BCUT2D eigenvalue weighted by molar-refractivity contribution is 5.17. The van der Waals surface area contributed by atoms with Gasteiger partial charge in [0.2, 0.25) is 0 Å². The zero-order chi connectivity index (χ0) is 16.6. The van der Waals surface area contributed by atoms with Gasteiger partial charge in [-0.2, -0.15) is 0 Å². The summed E-state index contributed by atoms with van der Waals surface area (Å²) in [6.07, 6.45) is -1.04. The molecule has 0 aromatic heterocycles. The predicted octanol–water partition coefficient (Wildman–Crippen LogP) is 2.81. The van der Waals surface area contributed by atoms with Crippen LogP contribution in [0.15, 0.2) is 60.7 Å². The summed E-state index contributed by atoms with van der Waals surface area (Å²) in [5, 5.41) is 0. The lowest BCUT2D eigenvalue weighted by molar-refractivity contribution is -0.308. The first-order valence-corrected chi connectivity index (χ1v) is 8.67. The number of fused-ring (bicyclic) bond motifs is 3. The van der Waals surface area contributed by atoms with E-state index >= 15 is 0 Å². The molecule has 5 nitrogen and oxygen atoms in total. The topological polar surface area (TPSA) is 49.5 Å². The highest BCUT2D eigenvalue weighted by Gasteiger charge is 2.60. The zero-order valence-corrected chi connectivity index (χ0v) is 13.7. The Hall–Kier alpha value is -1.76. The van der Waals surface area contributed by atoms with E-state index < -0.39 is 0 Å². The lowest BCUT2D eigenvalue weighted by atomic mass is 10.0. The Kier molecular flexibility index (Phi) is 4.04. The minimum Gasteiger partial charge on any atom is -0.361 e. The molecule has 3 fully saturated rings. The van der Waals surface area contributed by atoms with E-state index in [0.717, 1.165) is 11.1 Å². The van der Waals surface area contributed by atoms with Crippen molar-refractivity contribution in [1.82, 2.24) is 0 Å². The van der Waals surface area contributed by atoms with Crippen LogP contribution in [0.2, 0.25) is 0 Å². The molecule has 0 bridgehead atoms. The standard InChI is InChI=1S/C20H20O5/c1-3-7-13(8-4-1)11-21-20-18-17(24-18)16-15(23-20)12-22-19(25-16)14-9-5-2-6-10-14/h1-10,15-20H,11-12H2/t15-,16-,17-,18-,19-,20+/m1/s1. The van der Waals surface area contributed by atoms with Gasteiger partial charge in [0.05, 0.1) is 13.2 Å². The number of epoxide rings is 1. The maximum atomic E-state index is 6.11. The third kappa shape index (κ3) is 3.10. The van der Waals surface area contributed by atoms with E-state index in [1.807, 2.05) is 60.7 Å². The van der Waals surface area contributed by atoms with Crippen molar-refractivity contribution < 1.29 is 23.7 Å². The van der Waals surface area contributed by atoms with Crippen LogP contribution in [0.4, 0.5) is 0 Å². The minimum atomic E-state index is -0.369. The number of benzene rings is 2. The van der Waals surface area contributed by atoms with Crippen molar-refractivity contribution in [2.24, 2.45) is 0 Å². The van der Waals surface area contributed by atoms with Crippen LogP contribution in [0.3, 0.4) is 0 Å². The number of hydrogen-bond acceptors (Lipinski definition) is 5. The van der Waals surface area contributed by atoms with Crippen LogP contribution < -0.4 is 0 Å². The summed E-state index contributed by atoms with van der Waals surface area (Å²) in [5.41, 5.74) is 2.13. The van der Waals surface area contributed by atoms with E-state index in [-0.39, 0.29) is 37.0 Å². The molecule has 0 spiro atoms. The molecular weight excluding hydrogens is 320 g/mol. The number of rotatable bonds is 4. The van der Waals surface area contributed by atoms with Gasteiger partial charge in [0.1, 0.15) is 24.4 Å². The summed E-state index contributed by atoms with van der Waals surface area (Å²) >= 11 is 0. The van der Waals surface area contributed by atoms with Crippen LogP contribution >= 0.6 is 0 Å². The van der Waals surface area contributed by atoms with Crippen molar-refractivity contribution in [3.63, 3.8) is 0 Å². The predicted molar refractivity (Wildman–Crippen MR) is 88.6 cm³/mol. The molecular formula is C20H20O5. The van der Waals surface area contributed by atoms with Gasteiger partial charge < -0.3 is 23.7 Å². The molecule has 5 rings (SSSR count). The summed E-state index contributed by atoms with van der Waals surface area (Å²) in [6.45, 7) is 0.978. The average Bonchev–Trinajstić information content (AvgIpc) is 3.49. The second kappa shape index (κ2) is 6.52. The lowest BCUT2D eigenvalue weighted by Gasteiger charge is -2.39. The fraction of sp³-hybridized carbons (Fsp3) is 0.400. The Morgan fingerprint density at radius 2 is 1.56 bits per heavy atom. The number of hydrogen-bond donors (Lipinski definition) is 0. The van der Waals surface area contributed by atoms with E-state index in [1.165, 1.54) is 0 Å². The largest absolute Gasteiger partial charge is 0.361 e. The molecule has 5 heteroatoms. The fourth-order valence-electron chi connectivity index (χ4n) is 3.49. The highest BCUT2D eigenvalue weighted by atomic mass is 16.8. The lowest BCUT2D eigenvalue weighted by Crippen LogP contribution is -2.52. The van der Waals surface area contributed by atoms with Gasteiger partial charge in [0.15, 0.2) is 12.6 Å². The molecule has 130 valence electrons. The van der Waals surface area contributed by atoms with Crippen molar-refractivity contribution in [1.29, 1.82) is 0 Å². The molecule has 3 saturated heterocycles. The Bertz CT molecular complexity index is 707. The molecule has 0 radical (unpaired) electrons. The molecule has 6 atom stereocenters. The molecule has 25 heavy (non-hydrogen) atoms. The molecule has 3 aliphatic rings. The molecule has 0 unspecified atom stereocenters. The monoisotopic (exact) mass is 340 g/mol. The first-order chi connectivity index (χ1) is 12.4. The normalized spacial score (nSPS) is 36.3. The van der Waals surface area contributed by atoms with Gasteiger partial charge in [-0.05, 0) is 5.56 Å². The molecule has 0 N–H and O–H groups in total. The van der Waals surface area contributed by atoms with Crippen molar-refractivity contribution in [2.75, 3.05) is 6.61 Å². The number of ether oxygens (including phenoxy) is 5. The molecule has 3 aliphatic heterocycles. The maximum Gasteiger partial charge on any atom is 0.187 e. The quantitative estimate of drug-likeness (QED) is 0.801. The van der Waals surface area contributed by atoms with Gasteiger partial charge >= 0.3 is 0 Å². The third-order valence-electron chi connectivity index (χ3n) is 4.85. The van der Waals surface area contributed by atoms with Crippen LogP contribution in [-0.2, 0) is 30.3 Å². The van der Waals surface area contributed by atoms with Crippen molar-refractivity contribution in [2.45, 2.75) is 43.6 Å². The summed E-state index contributed by atoms with van der Waals surface area (Å²) in [6, 6.07) is 20.0. The smallest absolute Gasteiger partial charge is 0.187 e. The Morgan fingerprint density at radius 1 is 0.800 bits per heavy atom. The third-order valence-corrected chi connectivity index (χ3v) is 4.85. The second-order valence-corrected chi connectivity index (χ2v) is 6.58. The van der Waals surface area contributed by atoms with Gasteiger partial charge in [-0.15, -0.1) is 0 Å². The summed E-state index contributed by atoms with van der Waals surface area (Å²) in [5.74, 6) is 0. The van der Waals surface area contributed by atoms with Gasteiger partial charge in [0.25, 0.3) is 0 Å². The second-order valence-electron chi connectivity index (χ2n) is 6.58. The maximum absolute atomic E-state index is 6.11. The van der Waals surface area contributed by atoms with Crippen LogP contribution in [0.5, 0.6) is 0 Å². The molecule has 2 aromatic carbocycles. The van der Waals surface area contributed by atoms with E-state index in [1.54, 1.807) is 0 Å². The fourth-order valence-corrected chi connectivity index (χ4v) is 3.49. The van der Waals surface area contributed by atoms with Crippen LogP contribution in [0.25, 0.3) is 0 Å². The van der Waals surface area contributed by atoms with E-state index in [9.17, 15) is 0 Å². The van der Waals surface area contributed by atoms with E-state index in [4.69, 9.17) is 23.7 Å². The van der Waals surface area contributed by atoms with Crippen molar-refractivity contribution in [3.8, 4) is 0 Å². The van der Waals surface area contributed by atoms with Crippen molar-refractivity contribution >= 4 is 0 Å². The van der Waals surface area contributed by atoms with Gasteiger partial charge in [-0.3, -0.25) is 0 Å². The Labute approximate surface area is 146 Å². The van der Waals surface area contributed by atoms with Crippen LogP contribution in [-0.4, -0.2) is 37.3 Å².